The van der Waals surface area contributed by atoms with Crippen molar-refractivity contribution in [2.75, 3.05) is 26.4 Å². The molecule has 4 aliphatic heterocycles. The fourth-order valence-corrected chi connectivity index (χ4v) is 8.20. The summed E-state index contributed by atoms with van der Waals surface area (Å²) < 4.78 is 5.62. The molecule has 1 aromatic carbocycles. The number of rotatable bonds is 9. The maximum absolute atomic E-state index is 13.5. The molecule has 39 heavy (non-hydrogen) atoms. The Morgan fingerprint density at radius 3 is 2.59 bits per heavy atom. The summed E-state index contributed by atoms with van der Waals surface area (Å²) >= 11 is 1.60. The van der Waals surface area contributed by atoms with Crippen molar-refractivity contribution < 1.29 is 29.5 Å². The van der Waals surface area contributed by atoms with E-state index in [0.717, 1.165) is 37.3 Å². The Hall–Kier alpha value is -2.51. The SMILES string of the molecule is CC(O)C1C(=O)N2C(C(=O)OCc3ccc([N+](=O)[O-])cc3)=C(SC3CC(C4CCNCC4)N(CO)C3)C(C)[C@H]12. The van der Waals surface area contributed by atoms with E-state index in [2.05, 4.69) is 10.2 Å². The molecule has 212 valence electrons. The molecule has 4 aliphatic rings. The van der Waals surface area contributed by atoms with Gasteiger partial charge in [0.2, 0.25) is 5.91 Å². The molecule has 1 aromatic rings. The molecule has 0 aromatic heterocycles. The van der Waals surface area contributed by atoms with Crippen LogP contribution in [0.3, 0.4) is 0 Å². The Labute approximate surface area is 231 Å². The number of nitro groups is 1. The van der Waals surface area contributed by atoms with Crippen molar-refractivity contribution in [2.45, 2.75) is 63.2 Å². The van der Waals surface area contributed by atoms with Crippen LogP contribution in [-0.4, -0.2) is 86.6 Å². The molecule has 1 amide bonds. The minimum Gasteiger partial charge on any atom is -0.456 e. The van der Waals surface area contributed by atoms with E-state index >= 15 is 0 Å². The second-order valence-electron chi connectivity index (χ2n) is 11.0. The number of nitrogens with one attached hydrogen (secondary N) is 1. The average Bonchev–Trinajstić information content (AvgIpc) is 3.44. The number of benzene rings is 1. The number of likely N-dealkylation sites (tertiary alicyclic amines) is 1. The van der Waals surface area contributed by atoms with Gasteiger partial charge < -0.3 is 25.2 Å². The summed E-state index contributed by atoms with van der Waals surface area (Å²) in [6.07, 6.45) is 2.19. The van der Waals surface area contributed by atoms with Crippen LogP contribution >= 0.6 is 11.8 Å². The van der Waals surface area contributed by atoms with Gasteiger partial charge in [0.25, 0.3) is 5.69 Å². The van der Waals surface area contributed by atoms with E-state index in [1.807, 2.05) is 6.92 Å². The monoisotopic (exact) mass is 560 g/mol. The average molecular weight is 561 g/mol. The molecule has 3 saturated heterocycles. The highest BCUT2D eigenvalue weighted by molar-refractivity contribution is 8.03. The first-order chi connectivity index (χ1) is 18.7. The van der Waals surface area contributed by atoms with Gasteiger partial charge in [-0.2, -0.15) is 0 Å². The van der Waals surface area contributed by atoms with Crippen LogP contribution in [0.15, 0.2) is 34.9 Å². The van der Waals surface area contributed by atoms with E-state index in [-0.39, 0.29) is 53.9 Å². The molecule has 5 unspecified atom stereocenters. The van der Waals surface area contributed by atoms with Crippen LogP contribution in [0.5, 0.6) is 0 Å². The first-order valence-corrected chi connectivity index (χ1v) is 14.5. The number of hydrogen-bond donors (Lipinski definition) is 3. The first-order valence-electron chi connectivity index (χ1n) is 13.6. The summed E-state index contributed by atoms with van der Waals surface area (Å²) in [5, 5.41) is 34.8. The van der Waals surface area contributed by atoms with Crippen LogP contribution in [0, 0.1) is 27.9 Å². The molecule has 0 aliphatic carbocycles. The third-order valence-corrected chi connectivity index (χ3v) is 10.1. The lowest BCUT2D eigenvalue weighted by Crippen LogP contribution is -2.63. The molecule has 3 N–H and O–H groups in total. The number of aliphatic hydroxyl groups excluding tert-OH is 2. The van der Waals surface area contributed by atoms with Crippen LogP contribution in [-0.2, 0) is 20.9 Å². The second kappa shape index (κ2) is 11.5. The van der Waals surface area contributed by atoms with Crippen LogP contribution in [0.25, 0.3) is 0 Å². The van der Waals surface area contributed by atoms with Gasteiger partial charge in [0.15, 0.2) is 0 Å². The number of carbonyl (C=O) groups excluding carboxylic acids is 2. The number of piperidine rings is 1. The van der Waals surface area contributed by atoms with Gasteiger partial charge in [-0.25, -0.2) is 4.79 Å². The number of aliphatic hydroxyl groups is 2. The minimum atomic E-state index is -0.830. The summed E-state index contributed by atoms with van der Waals surface area (Å²) in [4.78, 5) is 41.4. The van der Waals surface area contributed by atoms with E-state index in [1.165, 1.54) is 29.2 Å². The lowest BCUT2D eigenvalue weighted by molar-refractivity contribution is -0.384. The number of hydrogen-bond acceptors (Lipinski definition) is 10. The van der Waals surface area contributed by atoms with Crippen molar-refractivity contribution in [1.82, 2.24) is 15.1 Å². The molecule has 11 nitrogen and oxygen atoms in total. The Morgan fingerprint density at radius 2 is 1.97 bits per heavy atom. The molecular formula is C27H36N4O7S. The molecule has 0 spiro atoms. The number of nitro benzene ring substituents is 1. The predicted octanol–water partition coefficient (Wildman–Crippen LogP) is 1.83. The zero-order valence-corrected chi connectivity index (χ0v) is 23.0. The van der Waals surface area contributed by atoms with E-state index in [9.17, 15) is 29.9 Å². The van der Waals surface area contributed by atoms with Gasteiger partial charge in [-0.15, -0.1) is 11.8 Å². The Morgan fingerprint density at radius 1 is 1.28 bits per heavy atom. The van der Waals surface area contributed by atoms with Crippen molar-refractivity contribution in [2.24, 2.45) is 17.8 Å². The molecule has 12 heteroatoms. The van der Waals surface area contributed by atoms with Gasteiger partial charge in [0.05, 0.1) is 29.7 Å². The fourth-order valence-electron chi connectivity index (χ4n) is 6.64. The molecule has 0 bridgehead atoms. The molecular weight excluding hydrogens is 524 g/mol. The maximum atomic E-state index is 13.5. The predicted molar refractivity (Wildman–Crippen MR) is 144 cm³/mol. The number of esters is 1. The summed E-state index contributed by atoms with van der Waals surface area (Å²) in [6.45, 7) is 6.14. The number of ether oxygens (including phenoxy) is 1. The van der Waals surface area contributed by atoms with Gasteiger partial charge in [-0.3, -0.25) is 19.8 Å². The van der Waals surface area contributed by atoms with E-state index in [4.69, 9.17) is 4.74 Å². The Balaban J connectivity index is 1.35. The van der Waals surface area contributed by atoms with Crippen molar-refractivity contribution in [3.63, 3.8) is 0 Å². The summed E-state index contributed by atoms with van der Waals surface area (Å²) in [5.74, 6) is -1.11. The number of amides is 1. The lowest BCUT2D eigenvalue weighted by Gasteiger charge is -2.46. The van der Waals surface area contributed by atoms with Crippen molar-refractivity contribution in [3.05, 3.63) is 50.5 Å². The molecule has 6 atom stereocenters. The van der Waals surface area contributed by atoms with Gasteiger partial charge in [0.1, 0.15) is 12.3 Å². The molecule has 3 fully saturated rings. The molecule has 5 rings (SSSR count). The summed E-state index contributed by atoms with van der Waals surface area (Å²) in [6, 6.07) is 5.75. The van der Waals surface area contributed by atoms with Gasteiger partial charge in [-0.05, 0) is 62.9 Å². The highest BCUT2D eigenvalue weighted by Crippen LogP contribution is 2.52. The van der Waals surface area contributed by atoms with Crippen LogP contribution in [0.1, 0.15) is 38.7 Å². The largest absolute Gasteiger partial charge is 0.456 e. The lowest BCUT2D eigenvalue weighted by atomic mass is 9.79. The first kappa shape index (κ1) is 28.0. The number of β-lactam (4-membered cyclic amide) rings is 1. The number of carbonyl (C=O) groups is 2. The zero-order chi connectivity index (χ0) is 27.8. The number of non-ortho nitro benzene ring substituents is 1. The third kappa shape index (κ3) is 5.32. The van der Waals surface area contributed by atoms with Crippen molar-refractivity contribution in [3.8, 4) is 0 Å². The van der Waals surface area contributed by atoms with Gasteiger partial charge in [-0.1, -0.05) is 6.92 Å². The molecule has 0 radical (unpaired) electrons. The smallest absolute Gasteiger partial charge is 0.356 e. The number of fused-ring (bicyclic) bond motifs is 1. The van der Waals surface area contributed by atoms with Gasteiger partial charge in [0, 0.05) is 40.8 Å². The third-order valence-electron chi connectivity index (χ3n) is 8.63. The van der Waals surface area contributed by atoms with Crippen molar-refractivity contribution >= 4 is 29.3 Å². The summed E-state index contributed by atoms with van der Waals surface area (Å²) in [5.41, 5.74) is 0.787. The topological polar surface area (TPSA) is 145 Å². The normalized spacial score (nSPS) is 30.3. The molecule has 0 saturated carbocycles. The number of nitrogens with zero attached hydrogens (tertiary/aromatic N) is 3. The van der Waals surface area contributed by atoms with Crippen LogP contribution in [0.4, 0.5) is 5.69 Å². The highest BCUT2D eigenvalue weighted by Gasteiger charge is 2.60. The number of thioether (sulfide) groups is 1. The van der Waals surface area contributed by atoms with Crippen LogP contribution in [0.2, 0.25) is 0 Å². The Bertz CT molecular complexity index is 1140. The van der Waals surface area contributed by atoms with Crippen LogP contribution < -0.4 is 5.32 Å². The standard InChI is InChI=1S/C27H36N4O7S/c1-15-23-22(16(2)33)26(34)30(23)24(27(35)38-13-17-3-5-19(6-4-17)31(36)37)25(15)39-20-11-21(29(12-20)14-32)18-7-9-28-10-8-18/h3-6,15-16,18,20-23,28,32-33H,7-14H2,1-2H3/t15?,16?,20?,21?,22?,23-/m1/s1. The van der Waals surface area contributed by atoms with Gasteiger partial charge >= 0.3 is 5.97 Å². The van der Waals surface area contributed by atoms with E-state index in [1.54, 1.807) is 18.7 Å². The maximum Gasteiger partial charge on any atom is 0.356 e. The van der Waals surface area contributed by atoms with Crippen molar-refractivity contribution in [1.29, 1.82) is 0 Å². The molecule has 4 heterocycles. The second-order valence-corrected chi connectivity index (χ2v) is 12.4. The fraction of sp³-hybridized carbons (Fsp3) is 0.630. The minimum absolute atomic E-state index is 0.0122. The highest BCUT2D eigenvalue weighted by atomic mass is 32.2. The summed E-state index contributed by atoms with van der Waals surface area (Å²) in [7, 11) is 0. The van der Waals surface area contributed by atoms with E-state index in [0.29, 0.717) is 18.0 Å². The Kier molecular flexibility index (Phi) is 8.29. The zero-order valence-electron chi connectivity index (χ0n) is 22.2. The quantitative estimate of drug-likeness (QED) is 0.177. The van der Waals surface area contributed by atoms with E-state index < -0.39 is 22.9 Å².